The molecular formula is C12H26N2O8. The highest BCUT2D eigenvalue weighted by Crippen LogP contribution is 2.10. The lowest BCUT2D eigenvalue weighted by molar-refractivity contribution is -0.101. The van der Waals surface area contributed by atoms with Crippen molar-refractivity contribution in [1.29, 1.82) is 0 Å². The highest BCUT2D eigenvalue weighted by Gasteiger charge is 2.36. The molecule has 10 heteroatoms. The van der Waals surface area contributed by atoms with E-state index in [0.29, 0.717) is 0 Å². The Bertz CT molecular complexity index is 290. The van der Waals surface area contributed by atoms with Gasteiger partial charge in [0.15, 0.2) is 0 Å². The summed E-state index contributed by atoms with van der Waals surface area (Å²) in [5, 5.41) is 77.2. The van der Waals surface area contributed by atoms with E-state index < -0.39 is 48.7 Å². The molecular weight excluding hydrogens is 300 g/mol. The molecule has 132 valence electrons. The maximum atomic E-state index is 9.18. The molecule has 0 aromatic heterocycles. The molecule has 0 radical (unpaired) electrons. The molecule has 2 rings (SSSR count). The fourth-order valence-electron chi connectivity index (χ4n) is 2.30. The van der Waals surface area contributed by atoms with Crippen LogP contribution < -0.4 is 10.6 Å². The zero-order valence-corrected chi connectivity index (χ0v) is 12.0. The van der Waals surface area contributed by atoms with Crippen LogP contribution in [0, 0.1) is 0 Å². The van der Waals surface area contributed by atoms with E-state index in [0.717, 1.165) is 0 Å². The van der Waals surface area contributed by atoms with Gasteiger partial charge in [-0.1, -0.05) is 0 Å². The SMILES string of the molecule is OCC1NCC(O)[C@H](O)[C@H]1O.OC[C@H]1NCC(O)[C@@H](O)[C@@H]1O. The zero-order valence-electron chi connectivity index (χ0n) is 12.0. The van der Waals surface area contributed by atoms with Crippen molar-refractivity contribution in [2.45, 2.75) is 48.7 Å². The first kappa shape index (κ1) is 19.6. The van der Waals surface area contributed by atoms with Gasteiger partial charge in [-0.3, -0.25) is 0 Å². The topological polar surface area (TPSA) is 186 Å². The van der Waals surface area contributed by atoms with Crippen LogP contribution in [0.4, 0.5) is 0 Å². The number of hydrogen-bond donors (Lipinski definition) is 10. The summed E-state index contributed by atoms with van der Waals surface area (Å²) in [6.45, 7) is -0.0944. The Balaban J connectivity index is 0.000000220. The van der Waals surface area contributed by atoms with Crippen LogP contribution in [0.15, 0.2) is 0 Å². The van der Waals surface area contributed by atoms with Crippen molar-refractivity contribution in [3.63, 3.8) is 0 Å². The third kappa shape index (κ3) is 4.80. The van der Waals surface area contributed by atoms with Gasteiger partial charge in [-0.25, -0.2) is 0 Å². The molecule has 0 aliphatic carbocycles. The van der Waals surface area contributed by atoms with E-state index in [2.05, 4.69) is 10.6 Å². The van der Waals surface area contributed by atoms with Gasteiger partial charge in [-0.05, 0) is 0 Å². The molecule has 10 N–H and O–H groups in total. The summed E-state index contributed by atoms with van der Waals surface area (Å²) in [6, 6.07) is -1.07. The molecule has 10 nitrogen and oxygen atoms in total. The number of aliphatic hydroxyl groups excluding tert-OH is 8. The standard InChI is InChI=1S/2C6H13NO4/c2*8-2-3-5(10)6(11)4(9)1-7-3/h2*3-11H,1-2H2/t3?,4?,5-,6-;3-,4?,5-,6-/m01/s1. The van der Waals surface area contributed by atoms with Crippen LogP contribution in [0.2, 0.25) is 0 Å². The molecule has 0 amide bonds. The molecule has 2 fully saturated rings. The van der Waals surface area contributed by atoms with Crippen LogP contribution in [0.5, 0.6) is 0 Å². The van der Waals surface area contributed by atoms with Crippen molar-refractivity contribution < 1.29 is 40.9 Å². The lowest BCUT2D eigenvalue weighted by atomic mass is 9.97. The average Bonchev–Trinajstić information content (AvgIpc) is 2.51. The molecule has 2 aliphatic heterocycles. The summed E-state index contributed by atoms with van der Waals surface area (Å²) in [5.74, 6) is 0. The second-order valence-corrected chi connectivity index (χ2v) is 5.49. The van der Waals surface area contributed by atoms with Crippen LogP contribution >= 0.6 is 0 Å². The Morgan fingerprint density at radius 2 is 0.909 bits per heavy atom. The Kier molecular flexibility index (Phi) is 8.07. The van der Waals surface area contributed by atoms with Gasteiger partial charge in [0, 0.05) is 13.1 Å². The highest BCUT2D eigenvalue weighted by molar-refractivity contribution is 4.92. The predicted molar refractivity (Wildman–Crippen MR) is 73.8 cm³/mol. The summed E-state index contributed by atoms with van der Waals surface area (Å²) in [7, 11) is 0. The number of nitrogens with one attached hydrogen (secondary N) is 2. The van der Waals surface area contributed by atoms with Gasteiger partial charge < -0.3 is 51.5 Å². The van der Waals surface area contributed by atoms with Gasteiger partial charge in [0.25, 0.3) is 0 Å². The minimum atomic E-state index is -1.16. The summed E-state index contributed by atoms with van der Waals surface area (Å²) < 4.78 is 0. The van der Waals surface area contributed by atoms with E-state index in [4.69, 9.17) is 30.6 Å². The molecule has 22 heavy (non-hydrogen) atoms. The number of hydrogen-bond acceptors (Lipinski definition) is 10. The quantitative estimate of drug-likeness (QED) is 0.234. The number of β-amino-alcohol motifs (C(OH)–C–C–N with tert-alkyl or cyclic N) is 2. The first-order valence-electron chi connectivity index (χ1n) is 7.10. The number of rotatable bonds is 2. The first-order chi connectivity index (χ1) is 10.3. The van der Waals surface area contributed by atoms with Crippen LogP contribution in [0.3, 0.4) is 0 Å². The second kappa shape index (κ2) is 9.03. The fraction of sp³-hybridized carbons (Fsp3) is 1.00. The van der Waals surface area contributed by atoms with Crippen LogP contribution in [0.1, 0.15) is 0 Å². The lowest BCUT2D eigenvalue weighted by Gasteiger charge is -2.34. The molecule has 0 saturated carbocycles. The van der Waals surface area contributed by atoms with E-state index in [-0.39, 0.29) is 26.3 Å². The van der Waals surface area contributed by atoms with Gasteiger partial charge in [-0.15, -0.1) is 0 Å². The summed E-state index contributed by atoms with van der Waals surface area (Å²) in [4.78, 5) is 0. The first-order valence-corrected chi connectivity index (χ1v) is 7.10. The van der Waals surface area contributed by atoms with Crippen LogP contribution in [-0.4, -0.2) is 116 Å². The van der Waals surface area contributed by atoms with Gasteiger partial charge in [-0.2, -0.15) is 0 Å². The van der Waals surface area contributed by atoms with Crippen molar-refractivity contribution in [3.05, 3.63) is 0 Å². The highest BCUT2D eigenvalue weighted by atomic mass is 16.4. The fourth-order valence-corrected chi connectivity index (χ4v) is 2.30. The van der Waals surface area contributed by atoms with Crippen molar-refractivity contribution in [2.24, 2.45) is 0 Å². The van der Waals surface area contributed by atoms with E-state index in [1.807, 2.05) is 0 Å². The summed E-state index contributed by atoms with van der Waals surface area (Å²) in [5.41, 5.74) is 0. The lowest BCUT2D eigenvalue weighted by Crippen LogP contribution is -2.60. The smallest absolute Gasteiger partial charge is 0.109 e. The summed E-state index contributed by atoms with van der Waals surface area (Å²) in [6.07, 6.45) is -6.41. The van der Waals surface area contributed by atoms with E-state index >= 15 is 0 Å². The molecule has 0 bridgehead atoms. The van der Waals surface area contributed by atoms with Gasteiger partial charge in [0.1, 0.15) is 12.2 Å². The molecule has 0 spiro atoms. The van der Waals surface area contributed by atoms with Crippen molar-refractivity contribution >= 4 is 0 Å². The maximum absolute atomic E-state index is 9.18. The van der Waals surface area contributed by atoms with Crippen molar-refractivity contribution in [2.75, 3.05) is 26.3 Å². The van der Waals surface area contributed by atoms with E-state index in [1.54, 1.807) is 0 Å². The van der Waals surface area contributed by atoms with Crippen LogP contribution in [-0.2, 0) is 0 Å². The van der Waals surface area contributed by atoms with Gasteiger partial charge in [0.2, 0.25) is 0 Å². The Morgan fingerprint density at radius 3 is 1.18 bits per heavy atom. The van der Waals surface area contributed by atoms with Gasteiger partial charge in [0.05, 0.1) is 49.7 Å². The average molecular weight is 326 g/mol. The number of piperidine rings is 2. The molecule has 0 aromatic rings. The largest absolute Gasteiger partial charge is 0.395 e. The Morgan fingerprint density at radius 1 is 0.591 bits per heavy atom. The van der Waals surface area contributed by atoms with Crippen LogP contribution in [0.25, 0.3) is 0 Å². The zero-order chi connectivity index (χ0) is 16.9. The molecule has 2 saturated heterocycles. The minimum Gasteiger partial charge on any atom is -0.395 e. The molecule has 2 heterocycles. The minimum absolute atomic E-state index is 0.198. The Hall–Kier alpha value is -0.400. The maximum Gasteiger partial charge on any atom is 0.109 e. The molecule has 8 atom stereocenters. The number of aliphatic hydroxyl groups is 8. The van der Waals surface area contributed by atoms with Gasteiger partial charge >= 0.3 is 0 Å². The van der Waals surface area contributed by atoms with E-state index in [1.165, 1.54) is 0 Å². The van der Waals surface area contributed by atoms with Crippen molar-refractivity contribution in [1.82, 2.24) is 10.6 Å². The molecule has 2 aliphatic rings. The Labute approximate surface area is 127 Å². The third-order valence-electron chi connectivity index (χ3n) is 3.88. The van der Waals surface area contributed by atoms with E-state index in [9.17, 15) is 10.2 Å². The molecule has 0 aromatic carbocycles. The normalized spacial score (nSPS) is 45.8. The predicted octanol–water partition coefficient (Wildman–Crippen LogP) is -5.93. The third-order valence-corrected chi connectivity index (χ3v) is 3.88. The second-order valence-electron chi connectivity index (χ2n) is 5.49. The van der Waals surface area contributed by atoms with Crippen molar-refractivity contribution in [3.8, 4) is 0 Å². The molecule has 3 unspecified atom stereocenters. The summed E-state index contributed by atoms with van der Waals surface area (Å²) >= 11 is 0. The monoisotopic (exact) mass is 326 g/mol.